The van der Waals surface area contributed by atoms with Gasteiger partial charge in [-0.2, -0.15) is 0 Å². The van der Waals surface area contributed by atoms with Gasteiger partial charge in [0.15, 0.2) is 5.78 Å². The highest BCUT2D eigenvalue weighted by molar-refractivity contribution is 6.19. The summed E-state index contributed by atoms with van der Waals surface area (Å²) in [5, 5.41) is 13.4. The number of nitrogens with zero attached hydrogens (tertiary/aromatic N) is 1. The second-order valence-electron chi connectivity index (χ2n) is 6.15. The number of carbonyl (C=O) groups is 3. The zero-order valence-electron chi connectivity index (χ0n) is 14.7. The van der Waals surface area contributed by atoms with Crippen LogP contribution >= 0.6 is 0 Å². The maximum atomic E-state index is 13.6. The van der Waals surface area contributed by atoms with E-state index in [4.69, 9.17) is 0 Å². The lowest BCUT2D eigenvalue weighted by atomic mass is 10.0. The summed E-state index contributed by atoms with van der Waals surface area (Å²) < 4.78 is 14.5. The van der Waals surface area contributed by atoms with Gasteiger partial charge in [0.2, 0.25) is 17.7 Å². The van der Waals surface area contributed by atoms with E-state index in [0.29, 0.717) is 5.56 Å². The Labute approximate surface area is 154 Å². The van der Waals surface area contributed by atoms with Gasteiger partial charge in [-0.3, -0.25) is 14.4 Å². The SMILES string of the molecule is CC(=O)NCc1cccc(C(=O)c2c(O)n(C(C)=O)c3cc(F)ccc23)c1. The van der Waals surface area contributed by atoms with Crippen LogP contribution in [0.1, 0.15) is 40.1 Å². The number of rotatable bonds is 4. The van der Waals surface area contributed by atoms with Gasteiger partial charge in [0, 0.05) is 31.3 Å². The number of halogens is 1. The van der Waals surface area contributed by atoms with Crippen LogP contribution in [0, 0.1) is 5.82 Å². The van der Waals surface area contributed by atoms with E-state index in [9.17, 15) is 23.9 Å². The minimum Gasteiger partial charge on any atom is -0.494 e. The van der Waals surface area contributed by atoms with Crippen molar-refractivity contribution in [1.82, 2.24) is 9.88 Å². The molecule has 2 N–H and O–H groups in total. The van der Waals surface area contributed by atoms with Crippen molar-refractivity contribution in [2.24, 2.45) is 0 Å². The van der Waals surface area contributed by atoms with E-state index in [1.54, 1.807) is 24.3 Å². The van der Waals surface area contributed by atoms with Crippen LogP contribution in [0.2, 0.25) is 0 Å². The van der Waals surface area contributed by atoms with Gasteiger partial charge in [0.25, 0.3) is 0 Å². The molecule has 3 rings (SSSR count). The highest BCUT2D eigenvalue weighted by Gasteiger charge is 2.25. The highest BCUT2D eigenvalue weighted by Crippen LogP contribution is 2.33. The standard InChI is InChI=1S/C20H17FN2O4/c1-11(24)22-10-13-4-3-5-14(8-13)19(26)18-16-7-6-15(21)9-17(16)23(12(2)25)20(18)27/h3-9,27H,10H2,1-2H3,(H,22,24). The van der Waals surface area contributed by atoms with Crippen LogP contribution in [-0.2, 0) is 11.3 Å². The lowest BCUT2D eigenvalue weighted by Crippen LogP contribution is -2.19. The summed E-state index contributed by atoms with van der Waals surface area (Å²) >= 11 is 0. The van der Waals surface area contributed by atoms with E-state index in [1.807, 2.05) is 0 Å². The average molecular weight is 368 g/mol. The maximum absolute atomic E-state index is 13.6. The molecule has 0 unspecified atom stereocenters. The summed E-state index contributed by atoms with van der Waals surface area (Å²) in [6, 6.07) is 10.2. The Hall–Kier alpha value is -3.48. The number of fused-ring (bicyclic) bond motifs is 1. The van der Waals surface area contributed by atoms with E-state index in [0.717, 1.165) is 16.7 Å². The summed E-state index contributed by atoms with van der Waals surface area (Å²) in [5.74, 6) is -2.36. The van der Waals surface area contributed by atoms with Crippen LogP contribution in [0.5, 0.6) is 5.88 Å². The molecule has 3 aromatic rings. The molecule has 2 aromatic carbocycles. The van der Waals surface area contributed by atoms with Crippen LogP contribution < -0.4 is 5.32 Å². The molecule has 6 nitrogen and oxygen atoms in total. The summed E-state index contributed by atoms with van der Waals surface area (Å²) in [4.78, 5) is 36.0. The first kappa shape index (κ1) is 18.3. The third-order valence-corrected chi connectivity index (χ3v) is 4.18. The summed E-state index contributed by atoms with van der Waals surface area (Å²) in [7, 11) is 0. The van der Waals surface area contributed by atoms with E-state index < -0.39 is 23.4 Å². The Morgan fingerprint density at radius 2 is 1.85 bits per heavy atom. The minimum atomic E-state index is -0.584. The van der Waals surface area contributed by atoms with Crippen LogP contribution in [0.4, 0.5) is 4.39 Å². The Kier molecular flexibility index (Phi) is 4.77. The summed E-state index contributed by atoms with van der Waals surface area (Å²) in [6.45, 7) is 2.86. The molecule has 0 spiro atoms. The molecule has 0 saturated carbocycles. The molecule has 0 aliphatic rings. The predicted octanol–water partition coefficient (Wildman–Crippen LogP) is 3.01. The van der Waals surface area contributed by atoms with Crippen molar-refractivity contribution < 1.29 is 23.9 Å². The topological polar surface area (TPSA) is 88.4 Å². The largest absolute Gasteiger partial charge is 0.494 e. The molecule has 138 valence electrons. The second kappa shape index (κ2) is 7.03. The van der Waals surface area contributed by atoms with Crippen molar-refractivity contribution in [2.45, 2.75) is 20.4 Å². The predicted molar refractivity (Wildman–Crippen MR) is 97.3 cm³/mol. The highest BCUT2D eigenvalue weighted by atomic mass is 19.1. The number of carbonyl (C=O) groups excluding carboxylic acids is 3. The molecule has 1 heterocycles. The molecule has 0 aliphatic carbocycles. The Morgan fingerprint density at radius 1 is 1.11 bits per heavy atom. The van der Waals surface area contributed by atoms with Gasteiger partial charge >= 0.3 is 0 Å². The molecule has 0 atom stereocenters. The molecule has 7 heteroatoms. The van der Waals surface area contributed by atoms with Crippen LogP contribution in [0.3, 0.4) is 0 Å². The van der Waals surface area contributed by atoms with Crippen molar-refractivity contribution in [2.75, 3.05) is 0 Å². The normalized spacial score (nSPS) is 10.8. The Morgan fingerprint density at radius 3 is 2.52 bits per heavy atom. The fraction of sp³-hybridized carbons (Fsp3) is 0.150. The quantitative estimate of drug-likeness (QED) is 0.693. The zero-order chi connectivity index (χ0) is 19.7. The number of hydrogen-bond acceptors (Lipinski definition) is 4. The monoisotopic (exact) mass is 368 g/mol. The fourth-order valence-corrected chi connectivity index (χ4v) is 2.98. The number of ketones is 1. The number of benzene rings is 2. The molecule has 0 saturated heterocycles. The van der Waals surface area contributed by atoms with E-state index in [2.05, 4.69) is 5.32 Å². The maximum Gasteiger partial charge on any atom is 0.230 e. The smallest absolute Gasteiger partial charge is 0.230 e. The molecule has 0 aliphatic heterocycles. The lowest BCUT2D eigenvalue weighted by Gasteiger charge is -2.06. The van der Waals surface area contributed by atoms with Crippen LogP contribution in [0.15, 0.2) is 42.5 Å². The van der Waals surface area contributed by atoms with Gasteiger partial charge in [0.05, 0.1) is 11.1 Å². The first-order valence-electron chi connectivity index (χ1n) is 8.21. The van der Waals surface area contributed by atoms with Crippen LogP contribution in [-0.4, -0.2) is 27.3 Å². The van der Waals surface area contributed by atoms with Crippen molar-refractivity contribution in [3.05, 3.63) is 65.0 Å². The third-order valence-electron chi connectivity index (χ3n) is 4.18. The van der Waals surface area contributed by atoms with E-state index in [1.165, 1.54) is 19.9 Å². The van der Waals surface area contributed by atoms with E-state index in [-0.39, 0.29) is 34.5 Å². The molecular formula is C20H17FN2O4. The summed E-state index contributed by atoms with van der Waals surface area (Å²) in [5.41, 5.74) is 1.03. The van der Waals surface area contributed by atoms with Crippen molar-refractivity contribution in [3.8, 4) is 5.88 Å². The van der Waals surface area contributed by atoms with Gasteiger partial charge in [-0.1, -0.05) is 18.2 Å². The number of aromatic hydroxyl groups is 1. The van der Waals surface area contributed by atoms with Gasteiger partial charge in [0.1, 0.15) is 5.82 Å². The molecule has 1 amide bonds. The molecule has 1 aromatic heterocycles. The third kappa shape index (κ3) is 3.44. The first-order valence-corrected chi connectivity index (χ1v) is 8.21. The van der Waals surface area contributed by atoms with Crippen molar-refractivity contribution in [1.29, 1.82) is 0 Å². The van der Waals surface area contributed by atoms with E-state index >= 15 is 0 Å². The number of aromatic nitrogens is 1. The molecule has 0 fully saturated rings. The minimum absolute atomic E-state index is 0.0723. The zero-order valence-corrected chi connectivity index (χ0v) is 14.7. The lowest BCUT2D eigenvalue weighted by molar-refractivity contribution is -0.119. The Balaban J connectivity index is 2.12. The fourth-order valence-electron chi connectivity index (χ4n) is 2.98. The number of hydrogen-bond donors (Lipinski definition) is 2. The van der Waals surface area contributed by atoms with Crippen LogP contribution in [0.25, 0.3) is 10.9 Å². The average Bonchev–Trinajstić information content (AvgIpc) is 2.90. The first-order chi connectivity index (χ1) is 12.8. The molecular weight excluding hydrogens is 351 g/mol. The summed E-state index contributed by atoms with van der Waals surface area (Å²) in [6.07, 6.45) is 0. The van der Waals surface area contributed by atoms with Gasteiger partial charge in [-0.05, 0) is 29.8 Å². The number of nitrogens with one attached hydrogen (secondary N) is 1. The van der Waals surface area contributed by atoms with Crippen molar-refractivity contribution >= 4 is 28.5 Å². The molecule has 27 heavy (non-hydrogen) atoms. The molecule has 0 bridgehead atoms. The number of amides is 1. The Bertz CT molecular complexity index is 1090. The van der Waals surface area contributed by atoms with Gasteiger partial charge in [-0.25, -0.2) is 8.96 Å². The molecule has 0 radical (unpaired) electrons. The van der Waals surface area contributed by atoms with Crippen molar-refractivity contribution in [3.63, 3.8) is 0 Å². The second-order valence-corrected chi connectivity index (χ2v) is 6.15. The van der Waals surface area contributed by atoms with Gasteiger partial charge < -0.3 is 10.4 Å². The van der Waals surface area contributed by atoms with Gasteiger partial charge in [-0.15, -0.1) is 0 Å².